The number of carboxylic acid groups (broad SMARTS) is 1. The molecule has 0 aromatic carbocycles. The Labute approximate surface area is 116 Å². The number of aliphatic hydroxyl groups excluding tert-OH is 2. The Balaban J connectivity index is 4.97. The fraction of sp³-hybridized carbons (Fsp3) is 0.833. The second-order valence-corrected chi connectivity index (χ2v) is 6.27. The van der Waals surface area contributed by atoms with E-state index in [9.17, 15) is 29.2 Å². The molecular weight excluding hydrogens is 342 g/mol. The van der Waals surface area contributed by atoms with Crippen molar-refractivity contribution >= 4 is 21.6 Å². The molecule has 0 fully saturated rings. The standard InChI is InChI=1S/C6H14O13P2/c7-3(1-18-20(12,13)14)4(8)6(11,5(9)10)2-19-21(15,16)17/h3-4,7-8,11H,1-2H2,(H,9,10)(H2,12,13,14)(H2,15,16,17). The molecule has 0 saturated heterocycles. The van der Waals surface area contributed by atoms with Gasteiger partial charge in [-0.3, -0.25) is 9.05 Å². The quantitative estimate of drug-likeness (QED) is 0.190. The minimum Gasteiger partial charge on any atom is -0.479 e. The third-order valence-corrected chi connectivity index (χ3v) is 3.04. The Hall–Kier alpha value is -0.430. The third-order valence-electron chi connectivity index (χ3n) is 2.09. The highest BCUT2D eigenvalue weighted by atomic mass is 31.2. The Bertz CT molecular complexity index is 452. The number of carboxylic acids is 1. The van der Waals surface area contributed by atoms with Crippen LogP contribution in [0.3, 0.4) is 0 Å². The van der Waals surface area contributed by atoms with E-state index in [-0.39, 0.29) is 0 Å². The molecule has 126 valence electrons. The molecule has 0 saturated carbocycles. The van der Waals surface area contributed by atoms with Crippen molar-refractivity contribution < 1.29 is 63.0 Å². The van der Waals surface area contributed by atoms with Crippen molar-refractivity contribution in [2.24, 2.45) is 0 Å². The van der Waals surface area contributed by atoms with E-state index in [2.05, 4.69) is 9.05 Å². The molecular formula is C6H14O13P2. The Morgan fingerprint density at radius 1 is 1.05 bits per heavy atom. The van der Waals surface area contributed by atoms with Gasteiger partial charge in [-0.2, -0.15) is 0 Å². The van der Waals surface area contributed by atoms with Gasteiger partial charge in [-0.25, -0.2) is 13.9 Å². The van der Waals surface area contributed by atoms with Gasteiger partial charge in [-0.05, 0) is 0 Å². The van der Waals surface area contributed by atoms with E-state index in [1.165, 1.54) is 0 Å². The third kappa shape index (κ3) is 7.40. The summed E-state index contributed by atoms with van der Waals surface area (Å²) in [5, 5.41) is 37.1. The van der Waals surface area contributed by atoms with Crippen molar-refractivity contribution in [2.45, 2.75) is 17.8 Å². The highest BCUT2D eigenvalue weighted by Gasteiger charge is 2.49. The van der Waals surface area contributed by atoms with Gasteiger partial charge < -0.3 is 40.0 Å². The van der Waals surface area contributed by atoms with Gasteiger partial charge in [0.25, 0.3) is 0 Å². The van der Waals surface area contributed by atoms with E-state index in [1.807, 2.05) is 0 Å². The second kappa shape index (κ2) is 7.22. The molecule has 0 rings (SSSR count). The van der Waals surface area contributed by atoms with Crippen LogP contribution in [-0.4, -0.2) is 77.0 Å². The first-order chi connectivity index (χ1) is 9.19. The second-order valence-electron chi connectivity index (χ2n) is 3.79. The van der Waals surface area contributed by atoms with Crippen LogP contribution in [0.1, 0.15) is 0 Å². The fourth-order valence-corrected chi connectivity index (χ4v) is 1.75. The summed E-state index contributed by atoms with van der Waals surface area (Å²) >= 11 is 0. The van der Waals surface area contributed by atoms with Crippen LogP contribution in [0.4, 0.5) is 0 Å². The van der Waals surface area contributed by atoms with Crippen molar-refractivity contribution in [2.75, 3.05) is 13.2 Å². The normalized spacial score (nSPS) is 18.8. The summed E-state index contributed by atoms with van der Waals surface area (Å²) in [5.41, 5.74) is -3.36. The van der Waals surface area contributed by atoms with Crippen molar-refractivity contribution in [1.29, 1.82) is 0 Å². The Kier molecular flexibility index (Phi) is 7.07. The van der Waals surface area contributed by atoms with Crippen molar-refractivity contribution in [1.82, 2.24) is 0 Å². The largest absolute Gasteiger partial charge is 0.479 e. The summed E-state index contributed by atoms with van der Waals surface area (Å²) in [6.45, 7) is -2.88. The van der Waals surface area contributed by atoms with Gasteiger partial charge in [0.2, 0.25) is 5.60 Å². The maximum Gasteiger partial charge on any atom is 0.469 e. The van der Waals surface area contributed by atoms with Gasteiger partial charge in [0.1, 0.15) is 18.8 Å². The number of rotatable bonds is 9. The molecule has 0 amide bonds. The lowest BCUT2D eigenvalue weighted by molar-refractivity contribution is -0.190. The van der Waals surface area contributed by atoms with Crippen LogP contribution in [0, 0.1) is 0 Å². The molecule has 13 nitrogen and oxygen atoms in total. The molecule has 0 heterocycles. The van der Waals surface area contributed by atoms with Crippen LogP contribution in [0.5, 0.6) is 0 Å². The van der Waals surface area contributed by atoms with E-state index >= 15 is 0 Å². The van der Waals surface area contributed by atoms with Gasteiger partial charge in [-0.1, -0.05) is 0 Å². The first kappa shape index (κ1) is 20.6. The Morgan fingerprint density at radius 3 is 1.81 bits per heavy atom. The topological polar surface area (TPSA) is 232 Å². The average molecular weight is 356 g/mol. The van der Waals surface area contributed by atoms with Gasteiger partial charge in [0.15, 0.2) is 0 Å². The zero-order chi connectivity index (χ0) is 17.1. The minimum absolute atomic E-state index is 1.27. The molecule has 0 aliphatic carbocycles. The smallest absolute Gasteiger partial charge is 0.469 e. The molecule has 0 spiro atoms. The first-order valence-electron chi connectivity index (χ1n) is 4.91. The van der Waals surface area contributed by atoms with Crippen molar-refractivity contribution in [3.63, 3.8) is 0 Å². The zero-order valence-electron chi connectivity index (χ0n) is 10.1. The van der Waals surface area contributed by atoms with Gasteiger partial charge in [-0.15, -0.1) is 0 Å². The van der Waals surface area contributed by atoms with Crippen LogP contribution in [0.2, 0.25) is 0 Å². The van der Waals surface area contributed by atoms with Crippen molar-refractivity contribution in [3.05, 3.63) is 0 Å². The summed E-state index contributed by atoms with van der Waals surface area (Å²) in [7, 11) is -10.2. The summed E-state index contributed by atoms with van der Waals surface area (Å²) in [6, 6.07) is 0. The molecule has 0 aromatic heterocycles. The number of carbonyl (C=O) groups is 1. The zero-order valence-corrected chi connectivity index (χ0v) is 11.9. The molecule has 15 heteroatoms. The number of phosphoric ester groups is 2. The van der Waals surface area contributed by atoms with E-state index in [4.69, 9.17) is 24.7 Å². The fourth-order valence-electron chi connectivity index (χ4n) is 1.04. The number of aliphatic hydroxyl groups is 3. The lowest BCUT2D eigenvalue weighted by Crippen LogP contribution is -2.58. The lowest BCUT2D eigenvalue weighted by Gasteiger charge is -2.31. The predicted octanol–water partition coefficient (Wildman–Crippen LogP) is -3.26. The van der Waals surface area contributed by atoms with Gasteiger partial charge in [0, 0.05) is 0 Å². The molecule has 0 aromatic rings. The molecule has 3 atom stereocenters. The number of hydrogen-bond acceptors (Lipinski definition) is 8. The van der Waals surface area contributed by atoms with E-state index < -0.39 is 52.6 Å². The average Bonchev–Trinajstić information content (AvgIpc) is 2.29. The highest BCUT2D eigenvalue weighted by Crippen LogP contribution is 2.38. The van der Waals surface area contributed by atoms with Gasteiger partial charge >= 0.3 is 21.6 Å². The summed E-state index contributed by atoms with van der Waals surface area (Å²) < 4.78 is 28.4. The molecule has 0 aliphatic heterocycles. The molecule has 0 radical (unpaired) electrons. The number of aliphatic carboxylic acids is 1. The molecule has 0 bridgehead atoms. The summed E-state index contributed by atoms with van der Waals surface area (Å²) in [4.78, 5) is 44.4. The predicted molar refractivity (Wildman–Crippen MR) is 60.6 cm³/mol. The molecule has 21 heavy (non-hydrogen) atoms. The minimum atomic E-state index is -5.19. The first-order valence-corrected chi connectivity index (χ1v) is 7.97. The SMILES string of the molecule is O=C(O)C(O)(COP(=O)(O)O)C(O)C(O)COP(=O)(O)O. The Morgan fingerprint density at radius 2 is 1.48 bits per heavy atom. The van der Waals surface area contributed by atoms with Crippen LogP contribution in [0.15, 0.2) is 0 Å². The molecule has 3 unspecified atom stereocenters. The van der Waals surface area contributed by atoms with Crippen molar-refractivity contribution in [3.8, 4) is 0 Å². The summed E-state index contributed by atoms with van der Waals surface area (Å²) in [5.74, 6) is -2.21. The highest BCUT2D eigenvalue weighted by molar-refractivity contribution is 7.46. The lowest BCUT2D eigenvalue weighted by atomic mass is 9.94. The van der Waals surface area contributed by atoms with Gasteiger partial charge in [0.05, 0.1) is 6.61 Å². The van der Waals surface area contributed by atoms with Crippen LogP contribution in [0.25, 0.3) is 0 Å². The summed E-state index contributed by atoms with van der Waals surface area (Å²) in [6.07, 6.45) is -4.94. The van der Waals surface area contributed by atoms with Crippen LogP contribution >= 0.6 is 15.6 Å². The number of hydrogen-bond donors (Lipinski definition) is 8. The van der Waals surface area contributed by atoms with Crippen LogP contribution < -0.4 is 0 Å². The monoisotopic (exact) mass is 356 g/mol. The maximum absolute atomic E-state index is 10.8. The van der Waals surface area contributed by atoms with E-state index in [1.54, 1.807) is 0 Å². The molecule has 8 N–H and O–H groups in total. The van der Waals surface area contributed by atoms with E-state index in [0.717, 1.165) is 0 Å². The van der Waals surface area contributed by atoms with Crippen LogP contribution in [-0.2, 0) is 23.0 Å². The molecule has 0 aliphatic rings. The number of phosphoric acid groups is 2. The maximum atomic E-state index is 10.8. The van der Waals surface area contributed by atoms with E-state index in [0.29, 0.717) is 0 Å².